The Kier molecular flexibility index (Phi) is 8.85. The number of rotatable bonds is 6. The Morgan fingerprint density at radius 3 is 2.10 bits per heavy atom. The fourth-order valence-electron chi connectivity index (χ4n) is 7.62. The molecule has 0 N–H and O–H groups in total. The van der Waals surface area contributed by atoms with Crippen LogP contribution in [0.15, 0.2) is 115 Å². The van der Waals surface area contributed by atoms with E-state index in [2.05, 4.69) is 84.3 Å². The first-order valence-corrected chi connectivity index (χ1v) is 18.3. The number of carbonyl (C=O) groups is 1. The maximum atomic E-state index is 12.4. The maximum absolute atomic E-state index is 12.4. The average molecular weight is 669 g/mol. The lowest BCUT2D eigenvalue weighted by Crippen LogP contribution is -2.45. The van der Waals surface area contributed by atoms with Crippen LogP contribution in [-0.4, -0.2) is 24.2 Å². The van der Waals surface area contributed by atoms with Gasteiger partial charge in [-0.25, -0.2) is 4.79 Å². The van der Waals surface area contributed by atoms with Gasteiger partial charge in [0.05, 0.1) is 0 Å². The van der Waals surface area contributed by atoms with E-state index in [0.717, 1.165) is 29.5 Å². The molecule has 4 nitrogen and oxygen atoms in total. The van der Waals surface area contributed by atoms with Crippen LogP contribution in [0.4, 0.5) is 5.69 Å². The first-order chi connectivity index (χ1) is 23.2. The Labute approximate surface area is 292 Å². The Balaban J connectivity index is 1.05. The molecule has 0 radical (unpaired) electrons. The fourth-order valence-corrected chi connectivity index (χ4v) is 9.74. The van der Waals surface area contributed by atoms with Gasteiger partial charge in [0.25, 0.3) is 0 Å². The number of nitriles is 1. The van der Waals surface area contributed by atoms with Gasteiger partial charge in [-0.05, 0) is 117 Å². The van der Waals surface area contributed by atoms with E-state index >= 15 is 0 Å². The Bertz CT molecular complexity index is 1960. The van der Waals surface area contributed by atoms with E-state index in [9.17, 15) is 10.1 Å². The van der Waals surface area contributed by atoms with E-state index in [1.807, 2.05) is 41.7 Å². The molecular formula is C42H40N2O2S2. The first kappa shape index (κ1) is 32.1. The molecule has 4 atom stereocenters. The zero-order valence-corrected chi connectivity index (χ0v) is 29.3. The Morgan fingerprint density at radius 2 is 1.48 bits per heavy atom. The normalized spacial score (nSPS) is 23.5. The van der Waals surface area contributed by atoms with Gasteiger partial charge < -0.3 is 9.64 Å². The molecule has 3 heterocycles. The van der Waals surface area contributed by atoms with Crippen molar-refractivity contribution in [3.8, 4) is 36.7 Å². The first-order valence-electron chi connectivity index (χ1n) is 16.7. The molecule has 3 aliphatic rings. The Hall–Kier alpha value is -4.44. The summed E-state index contributed by atoms with van der Waals surface area (Å²) < 4.78 is 5.36. The summed E-state index contributed by atoms with van der Waals surface area (Å²) in [5.74, 6) is 1.46. The zero-order valence-electron chi connectivity index (χ0n) is 27.7. The molecule has 6 heteroatoms. The van der Waals surface area contributed by atoms with Crippen molar-refractivity contribution in [3.63, 3.8) is 0 Å². The van der Waals surface area contributed by atoms with Crippen molar-refractivity contribution in [2.45, 2.75) is 51.7 Å². The van der Waals surface area contributed by atoms with Crippen LogP contribution in [0.5, 0.6) is 0 Å². The van der Waals surface area contributed by atoms with Crippen molar-refractivity contribution < 1.29 is 9.53 Å². The number of allylic oxidation sites excluding steroid dienone is 3. The summed E-state index contributed by atoms with van der Waals surface area (Å²) in [6.07, 6.45) is 14.5. The third-order valence-corrected chi connectivity index (χ3v) is 12.2. The smallest absolute Gasteiger partial charge is 0.349 e. The second-order valence-electron chi connectivity index (χ2n) is 14.0. The number of nitrogens with zero attached hydrogens (tertiary/aromatic N) is 2. The van der Waals surface area contributed by atoms with Crippen molar-refractivity contribution in [1.29, 1.82) is 5.26 Å². The molecule has 48 heavy (non-hydrogen) atoms. The molecule has 7 rings (SSSR count). The largest absolute Gasteiger partial charge is 0.456 e. The van der Waals surface area contributed by atoms with Crippen molar-refractivity contribution in [2.24, 2.45) is 17.8 Å². The minimum absolute atomic E-state index is 0.0118. The van der Waals surface area contributed by atoms with Crippen molar-refractivity contribution >= 4 is 40.4 Å². The third kappa shape index (κ3) is 6.63. The maximum Gasteiger partial charge on any atom is 0.349 e. The van der Waals surface area contributed by atoms with Crippen LogP contribution in [0.1, 0.15) is 45.6 Å². The van der Waals surface area contributed by atoms with Crippen LogP contribution in [-0.2, 0) is 9.53 Å². The van der Waals surface area contributed by atoms with Gasteiger partial charge in [0.15, 0.2) is 0 Å². The number of esters is 1. The summed E-state index contributed by atoms with van der Waals surface area (Å²) in [4.78, 5) is 19.9. The van der Waals surface area contributed by atoms with E-state index in [-0.39, 0.29) is 5.57 Å². The van der Waals surface area contributed by atoms with Gasteiger partial charge in [0.2, 0.25) is 0 Å². The molecule has 2 aromatic heterocycles. The van der Waals surface area contributed by atoms with E-state index < -0.39 is 11.6 Å². The summed E-state index contributed by atoms with van der Waals surface area (Å²) in [5.41, 5.74) is 5.05. The van der Waals surface area contributed by atoms with Crippen LogP contribution in [0.2, 0.25) is 0 Å². The SMILES string of the molecule is C=C1/C=C\C=C/CN(c2ccc(-c3ccc(-c4ccc(-c5ccc(/C=C(\C#N)C(=O)OC(C)(C)C)cc5)s4)s3)cc2)C2C3CC[C@@H](C3)C12. The minimum Gasteiger partial charge on any atom is -0.456 e. The number of hydrogen-bond donors (Lipinski definition) is 0. The molecule has 4 aromatic rings. The number of anilines is 1. The number of hydrogen-bond acceptors (Lipinski definition) is 6. The lowest BCUT2D eigenvalue weighted by Gasteiger charge is -2.41. The lowest BCUT2D eigenvalue weighted by molar-refractivity contribution is -0.149. The van der Waals surface area contributed by atoms with Gasteiger partial charge >= 0.3 is 5.97 Å². The number of benzene rings is 2. The molecular weight excluding hydrogens is 629 g/mol. The van der Waals surface area contributed by atoms with Crippen molar-refractivity contribution in [2.75, 3.05) is 11.4 Å². The number of thiophene rings is 2. The predicted octanol–water partition coefficient (Wildman–Crippen LogP) is 11.0. The van der Waals surface area contributed by atoms with Crippen molar-refractivity contribution in [1.82, 2.24) is 0 Å². The molecule has 2 aromatic carbocycles. The van der Waals surface area contributed by atoms with E-state index in [0.29, 0.717) is 12.0 Å². The van der Waals surface area contributed by atoms with E-state index in [1.54, 1.807) is 38.2 Å². The fraction of sp³-hybridized carbons (Fsp3) is 0.286. The zero-order chi connectivity index (χ0) is 33.4. The van der Waals surface area contributed by atoms with Gasteiger partial charge in [-0.15, -0.1) is 22.7 Å². The van der Waals surface area contributed by atoms with Gasteiger partial charge in [-0.3, -0.25) is 0 Å². The molecule has 0 amide bonds. The van der Waals surface area contributed by atoms with Crippen LogP contribution >= 0.6 is 22.7 Å². The topological polar surface area (TPSA) is 53.3 Å². The molecule has 0 spiro atoms. The van der Waals surface area contributed by atoms with Crippen LogP contribution < -0.4 is 4.90 Å². The summed E-state index contributed by atoms with van der Waals surface area (Å²) in [5, 5.41) is 9.50. The van der Waals surface area contributed by atoms with Crippen LogP contribution in [0, 0.1) is 29.1 Å². The third-order valence-electron chi connectivity index (χ3n) is 9.70. The highest BCUT2D eigenvalue weighted by Crippen LogP contribution is 2.54. The quantitative estimate of drug-likeness (QED) is 0.117. The summed E-state index contributed by atoms with van der Waals surface area (Å²) >= 11 is 3.59. The highest BCUT2D eigenvalue weighted by atomic mass is 32.1. The van der Waals surface area contributed by atoms with E-state index in [4.69, 9.17) is 4.74 Å². The summed E-state index contributed by atoms with van der Waals surface area (Å²) in [6, 6.07) is 28.4. The number of fused-ring (bicyclic) bond motifs is 5. The van der Waals surface area contributed by atoms with Gasteiger partial charge in [0, 0.05) is 43.7 Å². The molecule has 242 valence electrons. The molecule has 2 fully saturated rings. The molecule has 2 aliphatic carbocycles. The minimum atomic E-state index is -0.654. The van der Waals surface area contributed by atoms with Crippen LogP contribution in [0.3, 0.4) is 0 Å². The average Bonchev–Trinajstić information content (AvgIpc) is 3.89. The molecule has 2 bridgehead atoms. The van der Waals surface area contributed by atoms with Gasteiger partial charge in [0.1, 0.15) is 17.2 Å². The van der Waals surface area contributed by atoms with Crippen LogP contribution in [0.25, 0.3) is 36.7 Å². The van der Waals surface area contributed by atoms with Crippen molar-refractivity contribution in [3.05, 3.63) is 120 Å². The monoisotopic (exact) mass is 668 g/mol. The van der Waals surface area contributed by atoms with Gasteiger partial charge in [-0.2, -0.15) is 5.26 Å². The number of ether oxygens (including phenoxy) is 1. The highest BCUT2D eigenvalue weighted by Gasteiger charge is 2.50. The predicted molar refractivity (Wildman–Crippen MR) is 201 cm³/mol. The van der Waals surface area contributed by atoms with E-state index in [1.165, 1.54) is 55.6 Å². The highest BCUT2D eigenvalue weighted by molar-refractivity contribution is 7.25. The molecule has 3 unspecified atom stereocenters. The Morgan fingerprint density at radius 1 is 0.875 bits per heavy atom. The summed E-state index contributed by atoms with van der Waals surface area (Å²) in [6.45, 7) is 10.8. The standard InChI is InChI=1S/C42H40N2O2S2/c1-27-8-6-5-7-23-44(40-32-14-13-31(25-32)39(27)40)34-17-15-30(16-18-34)36-20-22-38(48-36)37-21-19-35(47-37)29-11-9-28(10-12-29)24-33(26-43)41(45)46-42(2,3)4/h5-12,15-22,24,31-32,39-40H,1,13-14,23,25H2,2-4H3/b7-5-,8-6-,33-24+/t31-,32?,39?,40?/m0/s1. The number of carbonyl (C=O) groups excluding carboxylic acids is 1. The molecule has 1 aliphatic heterocycles. The molecule has 2 saturated carbocycles. The summed E-state index contributed by atoms with van der Waals surface area (Å²) in [7, 11) is 0. The molecule has 0 saturated heterocycles. The lowest BCUT2D eigenvalue weighted by atomic mass is 9.79. The second-order valence-corrected chi connectivity index (χ2v) is 16.2. The second kappa shape index (κ2) is 13.2. The van der Waals surface area contributed by atoms with Gasteiger partial charge in [-0.1, -0.05) is 67.3 Å².